The Labute approximate surface area is 137 Å². The number of rotatable bonds is 5. The van der Waals surface area contributed by atoms with E-state index in [1.165, 1.54) is 19.3 Å². The van der Waals surface area contributed by atoms with Crippen LogP contribution in [0.25, 0.3) is 0 Å². The Balaban J connectivity index is 1.79. The molecule has 1 saturated carbocycles. The topological polar surface area (TPSA) is 86.7 Å². The highest BCUT2D eigenvalue weighted by molar-refractivity contribution is 5.87. The molecule has 6 nitrogen and oxygen atoms in total. The Morgan fingerprint density at radius 3 is 2.48 bits per heavy atom. The maximum Gasteiger partial charge on any atom is 0.308 e. The van der Waals surface area contributed by atoms with Crippen molar-refractivity contribution in [3.8, 4) is 0 Å². The highest BCUT2D eigenvalue weighted by atomic mass is 16.4. The number of aliphatic carboxylic acids is 1. The van der Waals surface area contributed by atoms with Crippen LogP contribution < -0.4 is 5.32 Å². The number of likely N-dealkylation sites (tertiary alicyclic amines) is 1. The van der Waals surface area contributed by atoms with Crippen LogP contribution in [-0.2, 0) is 14.4 Å². The number of amides is 2. The molecule has 1 heterocycles. The van der Waals surface area contributed by atoms with E-state index in [1.807, 2.05) is 0 Å². The van der Waals surface area contributed by atoms with Gasteiger partial charge in [-0.25, -0.2) is 0 Å². The molecule has 0 aromatic carbocycles. The van der Waals surface area contributed by atoms with E-state index in [0.717, 1.165) is 12.8 Å². The van der Waals surface area contributed by atoms with Gasteiger partial charge in [0.2, 0.25) is 11.8 Å². The molecule has 2 rings (SSSR count). The van der Waals surface area contributed by atoms with Crippen molar-refractivity contribution >= 4 is 17.8 Å². The van der Waals surface area contributed by atoms with Gasteiger partial charge in [-0.05, 0) is 38.5 Å². The molecule has 2 amide bonds. The van der Waals surface area contributed by atoms with Crippen molar-refractivity contribution in [2.75, 3.05) is 13.1 Å². The molecule has 1 saturated heterocycles. The van der Waals surface area contributed by atoms with Gasteiger partial charge in [-0.1, -0.05) is 19.3 Å². The van der Waals surface area contributed by atoms with E-state index in [1.54, 1.807) is 11.8 Å². The Kier molecular flexibility index (Phi) is 6.42. The predicted octanol–water partition coefficient (Wildman–Crippen LogP) is 1.78. The van der Waals surface area contributed by atoms with Crippen LogP contribution in [-0.4, -0.2) is 46.9 Å². The SMILES string of the molecule is CC(NC(=O)CC1CCCCC1)C(=O)N1CCC[C@H](C(=O)O)C1. The molecule has 1 aliphatic heterocycles. The summed E-state index contributed by atoms with van der Waals surface area (Å²) in [5.41, 5.74) is 0. The molecule has 130 valence electrons. The number of hydrogen-bond donors (Lipinski definition) is 2. The third-order valence-corrected chi connectivity index (χ3v) is 5.03. The summed E-state index contributed by atoms with van der Waals surface area (Å²) in [6.45, 7) is 2.51. The molecule has 0 bridgehead atoms. The van der Waals surface area contributed by atoms with Gasteiger partial charge in [0, 0.05) is 19.5 Å². The van der Waals surface area contributed by atoms with Crippen molar-refractivity contribution in [1.29, 1.82) is 0 Å². The van der Waals surface area contributed by atoms with E-state index < -0.39 is 17.9 Å². The summed E-state index contributed by atoms with van der Waals surface area (Å²) in [6, 6.07) is -0.585. The van der Waals surface area contributed by atoms with Crippen molar-refractivity contribution in [2.45, 2.75) is 64.3 Å². The minimum atomic E-state index is -0.850. The second-order valence-electron chi connectivity index (χ2n) is 6.96. The minimum absolute atomic E-state index is 0.0652. The van der Waals surface area contributed by atoms with Crippen LogP contribution in [0.1, 0.15) is 58.3 Å². The third kappa shape index (κ3) is 5.22. The summed E-state index contributed by atoms with van der Waals surface area (Å²) in [6.07, 6.45) is 7.65. The Bertz CT molecular complexity index is 446. The van der Waals surface area contributed by atoms with E-state index >= 15 is 0 Å². The standard InChI is InChI=1S/C17H28N2O4/c1-12(18-15(20)10-13-6-3-2-4-7-13)16(21)19-9-5-8-14(11-19)17(22)23/h12-14H,2-11H2,1H3,(H,18,20)(H,22,23)/t12?,14-/m0/s1. The normalized spacial score (nSPS) is 24.0. The lowest BCUT2D eigenvalue weighted by atomic mass is 9.87. The van der Waals surface area contributed by atoms with Crippen LogP contribution in [0, 0.1) is 11.8 Å². The Morgan fingerprint density at radius 2 is 1.83 bits per heavy atom. The Morgan fingerprint density at radius 1 is 1.13 bits per heavy atom. The number of nitrogens with zero attached hydrogens (tertiary/aromatic N) is 1. The third-order valence-electron chi connectivity index (χ3n) is 5.03. The van der Waals surface area contributed by atoms with Gasteiger partial charge in [-0.2, -0.15) is 0 Å². The molecule has 2 fully saturated rings. The first-order valence-corrected chi connectivity index (χ1v) is 8.78. The number of nitrogens with one attached hydrogen (secondary N) is 1. The number of carboxylic acid groups (broad SMARTS) is 1. The molecule has 1 aliphatic carbocycles. The second kappa shape index (κ2) is 8.31. The van der Waals surface area contributed by atoms with E-state index in [2.05, 4.69) is 5.32 Å². The smallest absolute Gasteiger partial charge is 0.308 e. The van der Waals surface area contributed by atoms with Crippen LogP contribution >= 0.6 is 0 Å². The first-order valence-electron chi connectivity index (χ1n) is 8.78. The van der Waals surface area contributed by atoms with Gasteiger partial charge < -0.3 is 15.3 Å². The van der Waals surface area contributed by atoms with Gasteiger partial charge in [-0.15, -0.1) is 0 Å². The molecule has 2 aliphatic rings. The summed E-state index contributed by atoms with van der Waals surface area (Å²) >= 11 is 0. The average Bonchev–Trinajstić information content (AvgIpc) is 2.55. The van der Waals surface area contributed by atoms with E-state index in [4.69, 9.17) is 5.11 Å². The van der Waals surface area contributed by atoms with Crippen molar-refractivity contribution < 1.29 is 19.5 Å². The van der Waals surface area contributed by atoms with Crippen LogP contribution in [0.4, 0.5) is 0 Å². The number of piperidine rings is 1. The van der Waals surface area contributed by atoms with Crippen molar-refractivity contribution in [2.24, 2.45) is 11.8 Å². The van der Waals surface area contributed by atoms with E-state index in [-0.39, 0.29) is 18.4 Å². The van der Waals surface area contributed by atoms with Gasteiger partial charge in [0.1, 0.15) is 6.04 Å². The summed E-state index contributed by atoms with van der Waals surface area (Å²) in [4.78, 5) is 37.2. The van der Waals surface area contributed by atoms with Gasteiger partial charge in [0.15, 0.2) is 0 Å². The first kappa shape index (κ1) is 17.8. The number of carboxylic acids is 1. The van der Waals surface area contributed by atoms with Crippen LogP contribution in [0.3, 0.4) is 0 Å². The quantitative estimate of drug-likeness (QED) is 0.807. The molecular weight excluding hydrogens is 296 g/mol. The molecule has 6 heteroatoms. The van der Waals surface area contributed by atoms with Gasteiger partial charge >= 0.3 is 5.97 Å². The van der Waals surface area contributed by atoms with Gasteiger partial charge in [-0.3, -0.25) is 14.4 Å². The lowest BCUT2D eigenvalue weighted by molar-refractivity contribution is -0.146. The van der Waals surface area contributed by atoms with Gasteiger partial charge in [0.05, 0.1) is 5.92 Å². The molecule has 2 atom stereocenters. The largest absolute Gasteiger partial charge is 0.481 e. The van der Waals surface area contributed by atoms with Crippen molar-refractivity contribution in [3.05, 3.63) is 0 Å². The van der Waals surface area contributed by atoms with E-state index in [9.17, 15) is 14.4 Å². The van der Waals surface area contributed by atoms with Crippen LogP contribution in [0.5, 0.6) is 0 Å². The fourth-order valence-electron chi connectivity index (χ4n) is 3.67. The summed E-state index contributed by atoms with van der Waals surface area (Å²) in [5, 5.41) is 11.9. The molecule has 2 N–H and O–H groups in total. The number of carbonyl (C=O) groups is 3. The predicted molar refractivity (Wildman–Crippen MR) is 85.7 cm³/mol. The van der Waals surface area contributed by atoms with Crippen LogP contribution in [0.15, 0.2) is 0 Å². The maximum absolute atomic E-state index is 12.4. The zero-order chi connectivity index (χ0) is 16.8. The highest BCUT2D eigenvalue weighted by Crippen LogP contribution is 2.26. The van der Waals surface area contributed by atoms with Crippen molar-refractivity contribution in [3.63, 3.8) is 0 Å². The van der Waals surface area contributed by atoms with Crippen LogP contribution in [0.2, 0.25) is 0 Å². The Hall–Kier alpha value is -1.59. The lowest BCUT2D eigenvalue weighted by Gasteiger charge is -2.32. The number of hydrogen-bond acceptors (Lipinski definition) is 3. The minimum Gasteiger partial charge on any atom is -0.481 e. The first-order chi connectivity index (χ1) is 11.0. The lowest BCUT2D eigenvalue weighted by Crippen LogP contribution is -2.51. The zero-order valence-corrected chi connectivity index (χ0v) is 13.9. The highest BCUT2D eigenvalue weighted by Gasteiger charge is 2.31. The fourth-order valence-corrected chi connectivity index (χ4v) is 3.67. The molecule has 0 spiro atoms. The molecular formula is C17H28N2O4. The van der Waals surface area contributed by atoms with Gasteiger partial charge in [0.25, 0.3) is 0 Å². The maximum atomic E-state index is 12.4. The zero-order valence-electron chi connectivity index (χ0n) is 13.9. The second-order valence-corrected chi connectivity index (χ2v) is 6.96. The van der Waals surface area contributed by atoms with E-state index in [0.29, 0.717) is 31.7 Å². The van der Waals surface area contributed by atoms with Crippen molar-refractivity contribution in [1.82, 2.24) is 10.2 Å². The fraction of sp³-hybridized carbons (Fsp3) is 0.824. The molecule has 0 aromatic heterocycles. The number of carbonyl (C=O) groups excluding carboxylic acids is 2. The molecule has 23 heavy (non-hydrogen) atoms. The molecule has 1 unspecified atom stereocenters. The summed E-state index contributed by atoms with van der Waals surface area (Å²) < 4.78 is 0. The molecule has 0 radical (unpaired) electrons. The molecule has 0 aromatic rings. The average molecular weight is 324 g/mol. The summed E-state index contributed by atoms with van der Waals surface area (Å²) in [7, 11) is 0. The summed E-state index contributed by atoms with van der Waals surface area (Å²) in [5.74, 6) is -1.13. The monoisotopic (exact) mass is 324 g/mol.